The van der Waals surface area contributed by atoms with Crippen molar-refractivity contribution in [2.45, 2.75) is 6.42 Å². The van der Waals surface area contributed by atoms with Gasteiger partial charge >= 0.3 is 5.97 Å². The Balaban J connectivity index is 3.27. The minimum atomic E-state index is -0.454. The minimum absolute atomic E-state index is 0.250. The van der Waals surface area contributed by atoms with E-state index in [9.17, 15) is 9.00 Å². The van der Waals surface area contributed by atoms with Gasteiger partial charge in [0.05, 0.1) is 17.9 Å². The van der Waals surface area contributed by atoms with E-state index in [2.05, 4.69) is 11.3 Å². The number of rotatable bonds is 4. The Kier molecular flexibility index (Phi) is 5.66. The predicted molar refractivity (Wildman–Crippen MR) is 40.0 cm³/mol. The molecule has 3 nitrogen and oxygen atoms in total. The summed E-state index contributed by atoms with van der Waals surface area (Å²) in [6, 6.07) is 0. The van der Waals surface area contributed by atoms with Crippen LogP contribution in [0, 0.1) is 0 Å². The smallest absolute Gasteiger partial charge is 0.330 e. The summed E-state index contributed by atoms with van der Waals surface area (Å²) in [5.41, 5.74) is 0. The fourth-order valence-electron chi connectivity index (χ4n) is 0.315. The summed E-state index contributed by atoms with van der Waals surface area (Å²) in [6.45, 7) is 3.46. The van der Waals surface area contributed by atoms with Crippen molar-refractivity contribution in [3.8, 4) is 0 Å². The summed E-state index contributed by atoms with van der Waals surface area (Å²) in [5, 5.41) is 1.43. The maximum Gasteiger partial charge on any atom is 0.330 e. The third-order valence-electron chi connectivity index (χ3n) is 0.715. The molecule has 0 radical (unpaired) electrons. The second-order valence-electron chi connectivity index (χ2n) is 1.42. The molecule has 0 saturated heterocycles. The van der Waals surface area contributed by atoms with Gasteiger partial charge in [0, 0.05) is 17.9 Å². The second-order valence-corrected chi connectivity index (χ2v) is 1.95. The molecule has 0 aromatic carbocycles. The first-order valence-electron chi connectivity index (χ1n) is 2.70. The maximum atomic E-state index is 10.3. The highest BCUT2D eigenvalue weighted by Gasteiger charge is 1.91. The van der Waals surface area contributed by atoms with Crippen molar-refractivity contribution >= 4 is 22.6 Å². The normalized spacial score (nSPS) is 8.00. The lowest BCUT2D eigenvalue weighted by Crippen LogP contribution is -2.01. The molecule has 0 amide bonds. The average Bonchev–Trinajstić information content (AvgIpc) is 1.98. The molecule has 0 fully saturated rings. The third-order valence-corrected chi connectivity index (χ3v) is 1.09. The molecule has 0 N–H and O–H groups in total. The molecule has 56 valence electrons. The Hall–Kier alpha value is -0.900. The molecule has 0 aromatic heterocycles. The van der Waals surface area contributed by atoms with Crippen molar-refractivity contribution in [2.24, 2.45) is 0 Å². The molecule has 0 aromatic rings. The predicted octanol–water partition coefficient (Wildman–Crippen LogP) is 0.121. The van der Waals surface area contributed by atoms with Crippen molar-refractivity contribution in [3.05, 3.63) is 12.7 Å². The Bertz CT molecular complexity index is 170. The topological polar surface area (TPSA) is 43.4 Å². The largest absolute Gasteiger partial charge is 0.462 e. The zero-order valence-corrected chi connectivity index (χ0v) is 6.23. The van der Waals surface area contributed by atoms with Crippen LogP contribution in [0.2, 0.25) is 0 Å². The van der Waals surface area contributed by atoms with Crippen molar-refractivity contribution in [3.63, 3.8) is 0 Å². The van der Waals surface area contributed by atoms with Crippen LogP contribution in [0.15, 0.2) is 12.7 Å². The molecular formula is C6H8O3S. The molecule has 0 aliphatic carbocycles. The van der Waals surface area contributed by atoms with Crippen molar-refractivity contribution in [1.82, 2.24) is 0 Å². The summed E-state index contributed by atoms with van der Waals surface area (Å²) in [4.78, 5) is 10.3. The number of hydrogen-bond donors (Lipinski definition) is 0. The van der Waals surface area contributed by atoms with Gasteiger partial charge in [0.1, 0.15) is 0 Å². The zero-order chi connectivity index (χ0) is 7.82. The van der Waals surface area contributed by atoms with Crippen LogP contribution in [0.4, 0.5) is 0 Å². The summed E-state index contributed by atoms with van der Waals surface area (Å²) < 4.78 is 14.3. The third kappa shape index (κ3) is 5.24. The van der Waals surface area contributed by atoms with Crippen LogP contribution in [-0.2, 0) is 20.8 Å². The molecule has 0 bridgehead atoms. The minimum Gasteiger partial charge on any atom is -0.462 e. The molecule has 0 spiro atoms. The molecule has 0 aliphatic rings. The molecule has 0 atom stereocenters. The molecular weight excluding hydrogens is 152 g/mol. The second kappa shape index (κ2) is 6.22. The van der Waals surface area contributed by atoms with Gasteiger partial charge in [-0.15, -0.1) is 0 Å². The first kappa shape index (κ1) is 9.10. The maximum absolute atomic E-state index is 10.3. The van der Waals surface area contributed by atoms with E-state index in [4.69, 9.17) is 0 Å². The van der Waals surface area contributed by atoms with Crippen molar-refractivity contribution in [2.75, 3.05) is 6.61 Å². The van der Waals surface area contributed by atoms with Crippen molar-refractivity contribution < 1.29 is 13.7 Å². The molecule has 0 saturated carbocycles. The van der Waals surface area contributed by atoms with Gasteiger partial charge in [-0.25, -0.2) is 9.00 Å². The van der Waals surface area contributed by atoms with E-state index in [1.54, 1.807) is 0 Å². The average molecular weight is 160 g/mol. The quantitative estimate of drug-likeness (QED) is 0.254. The van der Waals surface area contributed by atoms with E-state index in [1.165, 1.54) is 5.37 Å². The molecule has 0 aliphatic heterocycles. The van der Waals surface area contributed by atoms with Gasteiger partial charge < -0.3 is 4.74 Å². The van der Waals surface area contributed by atoms with Gasteiger partial charge in [-0.3, -0.25) is 0 Å². The standard InChI is InChI=1S/C6H8O3S/c1-2-6(7)9-4-3-5-10-8/h2,5H,1,3-4H2. The van der Waals surface area contributed by atoms with Crippen molar-refractivity contribution in [1.29, 1.82) is 0 Å². The molecule has 0 unspecified atom stereocenters. The lowest BCUT2D eigenvalue weighted by atomic mass is 10.5. The molecule has 4 heteroatoms. The van der Waals surface area contributed by atoms with Crippen LogP contribution in [0.1, 0.15) is 6.42 Å². The monoisotopic (exact) mass is 160 g/mol. The molecule has 0 rings (SSSR count). The lowest BCUT2D eigenvalue weighted by Gasteiger charge is -1.95. The van der Waals surface area contributed by atoms with E-state index in [1.807, 2.05) is 0 Å². The summed E-state index contributed by atoms with van der Waals surface area (Å²) in [7, 11) is 0. The van der Waals surface area contributed by atoms with Crippen LogP contribution in [0.25, 0.3) is 0 Å². The highest BCUT2D eigenvalue weighted by molar-refractivity contribution is 7.64. The van der Waals surface area contributed by atoms with E-state index in [0.717, 1.165) is 6.08 Å². The Morgan fingerprint density at radius 2 is 2.40 bits per heavy atom. The van der Waals surface area contributed by atoms with E-state index >= 15 is 0 Å². The van der Waals surface area contributed by atoms with Gasteiger partial charge in [0.2, 0.25) is 0 Å². The fraction of sp³-hybridized carbons (Fsp3) is 0.333. The fourth-order valence-corrected chi connectivity index (χ4v) is 0.507. The SMILES string of the molecule is C=CC(=O)OCCC=S=O. The van der Waals surface area contributed by atoms with E-state index < -0.39 is 5.97 Å². The van der Waals surface area contributed by atoms with Crippen LogP contribution < -0.4 is 0 Å². The van der Waals surface area contributed by atoms with Crippen LogP contribution in [-0.4, -0.2) is 22.2 Å². The highest BCUT2D eigenvalue weighted by Crippen LogP contribution is 1.80. The Morgan fingerprint density at radius 1 is 1.70 bits per heavy atom. The van der Waals surface area contributed by atoms with Gasteiger partial charge in [-0.2, -0.15) is 0 Å². The Morgan fingerprint density at radius 3 is 2.90 bits per heavy atom. The van der Waals surface area contributed by atoms with E-state index in [-0.39, 0.29) is 6.61 Å². The molecule has 0 heterocycles. The first-order valence-corrected chi connectivity index (χ1v) is 3.51. The number of esters is 1. The van der Waals surface area contributed by atoms with Gasteiger partial charge in [0.15, 0.2) is 0 Å². The Labute approximate surface area is 62.8 Å². The summed E-state index contributed by atoms with van der Waals surface area (Å²) >= 11 is 0.369. The number of ether oxygens (including phenoxy) is 1. The number of carbonyl (C=O) groups excluding carboxylic acids is 1. The summed E-state index contributed by atoms with van der Waals surface area (Å²) in [6.07, 6.45) is 1.57. The lowest BCUT2D eigenvalue weighted by molar-refractivity contribution is -0.137. The molecule has 10 heavy (non-hydrogen) atoms. The number of carbonyl (C=O) groups is 1. The van der Waals surface area contributed by atoms with Crippen LogP contribution in [0.5, 0.6) is 0 Å². The van der Waals surface area contributed by atoms with Gasteiger partial charge in [0.25, 0.3) is 0 Å². The highest BCUT2D eigenvalue weighted by atomic mass is 32.1. The summed E-state index contributed by atoms with van der Waals surface area (Å²) in [5.74, 6) is -0.454. The van der Waals surface area contributed by atoms with E-state index in [0.29, 0.717) is 17.7 Å². The number of hydrogen-bond acceptors (Lipinski definition) is 3. The van der Waals surface area contributed by atoms with Gasteiger partial charge in [-0.05, 0) is 0 Å². The van der Waals surface area contributed by atoms with Gasteiger partial charge in [-0.1, -0.05) is 6.58 Å². The zero-order valence-electron chi connectivity index (χ0n) is 5.41. The van der Waals surface area contributed by atoms with Crippen LogP contribution in [0.3, 0.4) is 0 Å². The first-order chi connectivity index (χ1) is 4.81. The van der Waals surface area contributed by atoms with Crippen LogP contribution >= 0.6 is 0 Å².